The maximum absolute atomic E-state index is 12.6. The summed E-state index contributed by atoms with van der Waals surface area (Å²) in [6.07, 6.45) is 4.15. The summed E-state index contributed by atoms with van der Waals surface area (Å²) in [5.41, 5.74) is 6.12. The lowest BCUT2D eigenvalue weighted by molar-refractivity contribution is 0.188. The van der Waals surface area contributed by atoms with Crippen LogP contribution in [-0.2, 0) is 10.0 Å². The number of benzene rings is 1. The first kappa shape index (κ1) is 15.8. The second kappa shape index (κ2) is 5.66. The number of nitrogens with two attached hydrogens (primary N) is 1. The van der Waals surface area contributed by atoms with Crippen LogP contribution >= 0.6 is 15.9 Å². The van der Waals surface area contributed by atoms with Crippen molar-refractivity contribution >= 4 is 31.6 Å². The summed E-state index contributed by atoms with van der Waals surface area (Å²) in [7, 11) is -3.56. The van der Waals surface area contributed by atoms with Gasteiger partial charge in [-0.2, -0.15) is 0 Å². The van der Waals surface area contributed by atoms with Gasteiger partial charge in [-0.25, -0.2) is 13.1 Å². The molecule has 0 aromatic heterocycles. The molecule has 20 heavy (non-hydrogen) atoms. The van der Waals surface area contributed by atoms with Crippen molar-refractivity contribution in [3.05, 3.63) is 22.7 Å². The van der Waals surface area contributed by atoms with Crippen LogP contribution in [0.25, 0.3) is 0 Å². The van der Waals surface area contributed by atoms with Crippen molar-refractivity contribution in [1.82, 2.24) is 4.72 Å². The fourth-order valence-corrected chi connectivity index (χ4v) is 5.13. The lowest BCUT2D eigenvalue weighted by Gasteiger charge is -2.38. The molecule has 0 amide bonds. The molecule has 0 saturated heterocycles. The average Bonchev–Trinajstić information content (AvgIpc) is 2.34. The molecule has 2 rings (SSSR count). The monoisotopic (exact) mass is 360 g/mol. The van der Waals surface area contributed by atoms with Gasteiger partial charge in [-0.3, -0.25) is 0 Å². The van der Waals surface area contributed by atoms with Crippen molar-refractivity contribution in [1.29, 1.82) is 0 Å². The first-order chi connectivity index (χ1) is 9.22. The van der Waals surface area contributed by atoms with E-state index in [1.165, 1.54) is 6.07 Å². The van der Waals surface area contributed by atoms with Crippen LogP contribution < -0.4 is 10.5 Å². The van der Waals surface area contributed by atoms with Crippen LogP contribution in [-0.4, -0.2) is 14.5 Å². The van der Waals surface area contributed by atoms with Crippen LogP contribution in [0.3, 0.4) is 0 Å². The summed E-state index contributed by atoms with van der Waals surface area (Å²) in [6.45, 7) is 4.24. The fraction of sp³-hybridized carbons (Fsp3) is 0.571. The zero-order valence-corrected chi connectivity index (χ0v) is 14.2. The minimum atomic E-state index is -3.56. The van der Waals surface area contributed by atoms with Crippen molar-refractivity contribution < 1.29 is 8.42 Å². The second-order valence-corrected chi connectivity index (χ2v) is 8.63. The number of halogens is 1. The smallest absolute Gasteiger partial charge is 0.242 e. The first-order valence-corrected chi connectivity index (χ1v) is 9.07. The van der Waals surface area contributed by atoms with E-state index in [1.54, 1.807) is 12.1 Å². The predicted octanol–water partition coefficient (Wildman–Crippen LogP) is 3.28. The highest BCUT2D eigenvalue weighted by Gasteiger charge is 2.35. The number of rotatable bonds is 3. The summed E-state index contributed by atoms with van der Waals surface area (Å²) >= 11 is 3.28. The average molecular weight is 361 g/mol. The van der Waals surface area contributed by atoms with Crippen LogP contribution in [0.4, 0.5) is 5.69 Å². The third kappa shape index (κ3) is 3.35. The highest BCUT2D eigenvalue weighted by Crippen LogP contribution is 2.36. The molecule has 0 heterocycles. The van der Waals surface area contributed by atoms with Gasteiger partial charge in [-0.1, -0.05) is 26.7 Å². The Morgan fingerprint density at radius 2 is 2.05 bits per heavy atom. The van der Waals surface area contributed by atoms with E-state index in [-0.39, 0.29) is 16.4 Å². The highest BCUT2D eigenvalue weighted by molar-refractivity contribution is 9.10. The van der Waals surface area contributed by atoms with Gasteiger partial charge in [0.2, 0.25) is 10.0 Å². The molecule has 1 aromatic carbocycles. The summed E-state index contributed by atoms with van der Waals surface area (Å²) in [6, 6.07) is 4.79. The summed E-state index contributed by atoms with van der Waals surface area (Å²) < 4.78 is 28.5. The molecule has 1 aliphatic rings. The van der Waals surface area contributed by atoms with E-state index in [1.807, 2.05) is 0 Å². The Kier molecular flexibility index (Phi) is 4.47. The molecule has 3 N–H and O–H groups in total. The molecular weight excluding hydrogens is 340 g/mol. The zero-order chi connectivity index (χ0) is 15.0. The Morgan fingerprint density at radius 1 is 1.35 bits per heavy atom. The van der Waals surface area contributed by atoms with Gasteiger partial charge in [-0.15, -0.1) is 0 Å². The van der Waals surface area contributed by atoms with Crippen molar-refractivity contribution in [3.8, 4) is 0 Å². The van der Waals surface area contributed by atoms with Gasteiger partial charge in [0, 0.05) is 16.2 Å². The number of nitrogen functional groups attached to an aromatic ring is 1. The molecule has 6 heteroatoms. The molecule has 0 spiro atoms. The Morgan fingerprint density at radius 3 is 2.70 bits per heavy atom. The van der Waals surface area contributed by atoms with Crippen molar-refractivity contribution in [3.63, 3.8) is 0 Å². The van der Waals surface area contributed by atoms with E-state index in [0.717, 1.165) is 25.7 Å². The number of sulfonamides is 1. The van der Waals surface area contributed by atoms with E-state index < -0.39 is 10.0 Å². The van der Waals surface area contributed by atoms with E-state index in [4.69, 9.17) is 5.73 Å². The zero-order valence-electron chi connectivity index (χ0n) is 11.8. The highest BCUT2D eigenvalue weighted by atomic mass is 79.9. The first-order valence-electron chi connectivity index (χ1n) is 6.80. The SMILES string of the molecule is CC1(C)CCCCC1NS(=O)(=O)c1cc(N)ccc1Br. The molecule has 112 valence electrons. The topological polar surface area (TPSA) is 72.2 Å². The molecule has 0 bridgehead atoms. The number of anilines is 1. The minimum absolute atomic E-state index is 0.0158. The summed E-state index contributed by atoms with van der Waals surface area (Å²) in [5.74, 6) is 0. The van der Waals surface area contributed by atoms with Crippen LogP contribution in [0, 0.1) is 5.41 Å². The lowest BCUT2D eigenvalue weighted by atomic mass is 9.74. The van der Waals surface area contributed by atoms with E-state index >= 15 is 0 Å². The van der Waals surface area contributed by atoms with Gasteiger partial charge in [0.15, 0.2) is 0 Å². The van der Waals surface area contributed by atoms with Gasteiger partial charge < -0.3 is 5.73 Å². The Balaban J connectivity index is 2.29. The minimum Gasteiger partial charge on any atom is -0.399 e. The fourth-order valence-electron chi connectivity index (χ4n) is 2.69. The van der Waals surface area contributed by atoms with Crippen LogP contribution in [0.1, 0.15) is 39.5 Å². The molecule has 1 fully saturated rings. The molecule has 0 radical (unpaired) electrons. The molecule has 1 aliphatic carbocycles. The summed E-state index contributed by atoms with van der Waals surface area (Å²) in [5, 5.41) is 0. The summed E-state index contributed by atoms with van der Waals surface area (Å²) in [4.78, 5) is 0.207. The molecule has 1 aromatic rings. The second-order valence-electron chi connectivity index (χ2n) is 6.10. The quantitative estimate of drug-likeness (QED) is 0.812. The molecule has 0 aliphatic heterocycles. The Bertz CT molecular complexity index is 599. The van der Waals surface area contributed by atoms with Gasteiger partial charge in [0.1, 0.15) is 0 Å². The Hall–Kier alpha value is -0.590. The van der Waals surface area contributed by atoms with Crippen LogP contribution in [0.2, 0.25) is 0 Å². The maximum Gasteiger partial charge on any atom is 0.242 e. The van der Waals surface area contributed by atoms with Gasteiger partial charge >= 0.3 is 0 Å². The van der Waals surface area contributed by atoms with Crippen LogP contribution in [0.5, 0.6) is 0 Å². The van der Waals surface area contributed by atoms with Crippen molar-refractivity contribution in [2.24, 2.45) is 5.41 Å². The molecule has 1 saturated carbocycles. The van der Waals surface area contributed by atoms with E-state index in [2.05, 4.69) is 34.5 Å². The van der Waals surface area contributed by atoms with Gasteiger partial charge in [0.25, 0.3) is 0 Å². The van der Waals surface area contributed by atoms with Gasteiger partial charge in [0.05, 0.1) is 4.90 Å². The lowest BCUT2D eigenvalue weighted by Crippen LogP contribution is -2.46. The van der Waals surface area contributed by atoms with Gasteiger partial charge in [-0.05, 0) is 52.4 Å². The Labute approximate surface area is 129 Å². The molecule has 1 unspecified atom stereocenters. The molecule has 1 atom stereocenters. The maximum atomic E-state index is 12.6. The number of hydrogen-bond acceptors (Lipinski definition) is 3. The molecular formula is C14H21BrN2O2S. The number of nitrogens with one attached hydrogen (secondary N) is 1. The predicted molar refractivity (Wildman–Crippen MR) is 84.9 cm³/mol. The molecule has 4 nitrogen and oxygen atoms in total. The van der Waals surface area contributed by atoms with E-state index in [9.17, 15) is 8.42 Å². The van der Waals surface area contributed by atoms with Crippen molar-refractivity contribution in [2.45, 2.75) is 50.5 Å². The third-order valence-electron chi connectivity index (χ3n) is 4.05. The largest absolute Gasteiger partial charge is 0.399 e. The third-order valence-corrected chi connectivity index (χ3v) is 6.51. The van der Waals surface area contributed by atoms with Crippen molar-refractivity contribution in [2.75, 3.05) is 5.73 Å². The standard InChI is InChI=1S/C14H21BrN2O2S/c1-14(2)8-4-3-5-13(14)17-20(18,19)12-9-10(16)6-7-11(12)15/h6-7,9,13,17H,3-5,8,16H2,1-2H3. The number of hydrogen-bond donors (Lipinski definition) is 2. The van der Waals surface area contributed by atoms with Crippen LogP contribution in [0.15, 0.2) is 27.6 Å². The normalized spacial score (nSPS) is 22.6. The van der Waals surface area contributed by atoms with E-state index in [0.29, 0.717) is 10.2 Å².